The zero-order valence-corrected chi connectivity index (χ0v) is 13.8. The van der Waals surface area contributed by atoms with Crippen LogP contribution in [0.1, 0.15) is 11.1 Å². The molecule has 0 spiro atoms. The molecule has 4 heteroatoms. The molecule has 0 bridgehead atoms. The third-order valence-electron chi connectivity index (χ3n) is 4.16. The van der Waals surface area contributed by atoms with Gasteiger partial charge in [-0.2, -0.15) is 0 Å². The van der Waals surface area contributed by atoms with Gasteiger partial charge in [0.05, 0.1) is 11.6 Å². The number of nitrogens with zero attached hydrogens (tertiary/aromatic N) is 2. The normalized spacial score (nSPS) is 13.5. The Morgan fingerprint density at radius 2 is 1.82 bits per heavy atom. The maximum Gasteiger partial charge on any atom is 0.137 e. The summed E-state index contributed by atoms with van der Waals surface area (Å²) in [5.41, 5.74) is 2.77. The van der Waals surface area contributed by atoms with Crippen molar-refractivity contribution in [2.24, 2.45) is 0 Å². The van der Waals surface area contributed by atoms with E-state index in [4.69, 9.17) is 4.74 Å². The van der Waals surface area contributed by atoms with E-state index in [1.807, 2.05) is 18.3 Å². The van der Waals surface area contributed by atoms with Gasteiger partial charge in [0.1, 0.15) is 11.6 Å². The molecule has 0 aliphatic carbocycles. The van der Waals surface area contributed by atoms with Gasteiger partial charge in [0.25, 0.3) is 0 Å². The number of fused-ring (bicyclic) bond motifs is 2. The van der Waals surface area contributed by atoms with Gasteiger partial charge in [-0.05, 0) is 50.6 Å². The Bertz CT molecular complexity index is 838. The molecule has 0 unspecified atom stereocenters. The zero-order chi connectivity index (χ0) is 15.1. The van der Waals surface area contributed by atoms with Gasteiger partial charge in [-0.15, -0.1) is 0 Å². The van der Waals surface area contributed by atoms with Crippen LogP contribution in [0, 0.1) is 0 Å². The molecule has 0 atom stereocenters. The van der Waals surface area contributed by atoms with Crippen LogP contribution in [0.5, 0.6) is 5.75 Å². The van der Waals surface area contributed by atoms with Crippen LogP contribution < -0.4 is 9.64 Å². The minimum Gasteiger partial charge on any atom is -0.496 e. The molecule has 3 aromatic rings. The lowest BCUT2D eigenvalue weighted by Gasteiger charge is -2.19. The molecule has 110 valence electrons. The molecule has 0 saturated carbocycles. The number of pyridine rings is 1. The predicted octanol–water partition coefficient (Wildman–Crippen LogP) is 4.53. The second kappa shape index (κ2) is 5.29. The summed E-state index contributed by atoms with van der Waals surface area (Å²) >= 11 is 3.58. The van der Waals surface area contributed by atoms with Gasteiger partial charge >= 0.3 is 0 Å². The molecule has 22 heavy (non-hydrogen) atoms. The van der Waals surface area contributed by atoms with Crippen molar-refractivity contribution in [3.8, 4) is 5.75 Å². The molecule has 0 saturated heterocycles. The van der Waals surface area contributed by atoms with Crippen molar-refractivity contribution in [3.63, 3.8) is 0 Å². The summed E-state index contributed by atoms with van der Waals surface area (Å²) in [7, 11) is 1.69. The second-order valence-corrected chi connectivity index (χ2v) is 6.32. The fourth-order valence-electron chi connectivity index (χ4n) is 3.05. The van der Waals surface area contributed by atoms with E-state index in [0.29, 0.717) is 0 Å². The van der Waals surface area contributed by atoms with Crippen molar-refractivity contribution >= 4 is 32.5 Å². The summed E-state index contributed by atoms with van der Waals surface area (Å²) in [5, 5.41) is 2.28. The van der Waals surface area contributed by atoms with Crippen LogP contribution in [-0.2, 0) is 13.1 Å². The van der Waals surface area contributed by atoms with Crippen LogP contribution >= 0.6 is 15.9 Å². The first kappa shape index (κ1) is 13.6. The quantitative estimate of drug-likeness (QED) is 0.676. The molecule has 0 N–H and O–H groups in total. The van der Waals surface area contributed by atoms with Crippen molar-refractivity contribution in [1.82, 2.24) is 4.98 Å². The van der Waals surface area contributed by atoms with E-state index in [2.05, 4.69) is 56.1 Å². The molecular formula is C18H15BrN2O. The van der Waals surface area contributed by atoms with Gasteiger partial charge in [-0.25, -0.2) is 4.98 Å². The van der Waals surface area contributed by atoms with Crippen molar-refractivity contribution in [2.75, 3.05) is 12.0 Å². The lowest BCUT2D eigenvalue weighted by atomic mass is 10.1. The second-order valence-electron chi connectivity index (χ2n) is 5.47. The molecule has 1 aromatic heterocycles. The van der Waals surface area contributed by atoms with Crippen molar-refractivity contribution in [3.05, 3.63) is 64.3 Å². The summed E-state index contributed by atoms with van der Waals surface area (Å²) in [4.78, 5) is 6.96. The highest BCUT2D eigenvalue weighted by molar-refractivity contribution is 9.10. The van der Waals surface area contributed by atoms with E-state index >= 15 is 0 Å². The summed E-state index contributed by atoms with van der Waals surface area (Å²) in [6, 6.07) is 14.8. The predicted molar refractivity (Wildman–Crippen MR) is 92.3 cm³/mol. The largest absolute Gasteiger partial charge is 0.496 e. The third kappa shape index (κ3) is 2.15. The highest BCUT2D eigenvalue weighted by Crippen LogP contribution is 2.36. The number of ether oxygens (including phenoxy) is 1. The molecule has 0 radical (unpaired) electrons. The van der Waals surface area contributed by atoms with E-state index in [1.165, 1.54) is 11.1 Å². The fraction of sp³-hybridized carbons (Fsp3) is 0.167. The SMILES string of the molecule is COc1cc2ccnc(N3Cc4ccccc4C3)c2cc1Br. The topological polar surface area (TPSA) is 25.4 Å². The van der Waals surface area contributed by atoms with Gasteiger partial charge in [0, 0.05) is 24.7 Å². The minimum atomic E-state index is 0.842. The molecule has 0 amide bonds. The molecule has 3 nitrogen and oxygen atoms in total. The Balaban J connectivity index is 1.82. The van der Waals surface area contributed by atoms with E-state index < -0.39 is 0 Å². The maximum atomic E-state index is 5.39. The number of aromatic nitrogens is 1. The average molecular weight is 355 g/mol. The number of rotatable bonds is 2. The van der Waals surface area contributed by atoms with Crippen LogP contribution in [0.3, 0.4) is 0 Å². The molecule has 2 aromatic carbocycles. The molecular weight excluding hydrogens is 340 g/mol. The lowest BCUT2D eigenvalue weighted by molar-refractivity contribution is 0.413. The maximum absolute atomic E-state index is 5.39. The standard InChI is InChI=1S/C18H15BrN2O/c1-22-17-8-12-6-7-20-18(15(12)9-16(17)19)21-10-13-4-2-3-5-14(13)11-21/h2-9H,10-11H2,1H3. The van der Waals surface area contributed by atoms with Crippen LogP contribution in [-0.4, -0.2) is 12.1 Å². The average Bonchev–Trinajstić information content (AvgIpc) is 2.97. The van der Waals surface area contributed by atoms with E-state index in [9.17, 15) is 0 Å². The Morgan fingerprint density at radius 1 is 1.09 bits per heavy atom. The van der Waals surface area contributed by atoms with Crippen molar-refractivity contribution < 1.29 is 4.74 Å². The molecule has 0 fully saturated rings. The molecule has 1 aliphatic heterocycles. The highest BCUT2D eigenvalue weighted by Gasteiger charge is 2.21. The van der Waals surface area contributed by atoms with Gasteiger partial charge in [0.15, 0.2) is 0 Å². The van der Waals surface area contributed by atoms with Gasteiger partial charge in [0.2, 0.25) is 0 Å². The number of benzene rings is 2. The Kier molecular flexibility index (Phi) is 3.26. The summed E-state index contributed by atoms with van der Waals surface area (Å²) < 4.78 is 6.34. The van der Waals surface area contributed by atoms with Crippen LogP contribution in [0.15, 0.2) is 53.1 Å². The van der Waals surface area contributed by atoms with Crippen molar-refractivity contribution in [1.29, 1.82) is 0 Å². The first-order chi connectivity index (χ1) is 10.8. The monoisotopic (exact) mass is 354 g/mol. The Labute approximate surface area is 137 Å². The lowest BCUT2D eigenvalue weighted by Crippen LogP contribution is -2.16. The number of methoxy groups -OCH3 is 1. The number of hydrogen-bond acceptors (Lipinski definition) is 3. The fourth-order valence-corrected chi connectivity index (χ4v) is 3.55. The van der Waals surface area contributed by atoms with Crippen LogP contribution in [0.25, 0.3) is 10.8 Å². The molecule has 2 heterocycles. The minimum absolute atomic E-state index is 0.842. The van der Waals surface area contributed by atoms with Crippen LogP contribution in [0.2, 0.25) is 0 Å². The van der Waals surface area contributed by atoms with Crippen LogP contribution in [0.4, 0.5) is 5.82 Å². The number of anilines is 1. The van der Waals surface area contributed by atoms with Gasteiger partial charge in [-0.1, -0.05) is 24.3 Å². The van der Waals surface area contributed by atoms with Gasteiger partial charge < -0.3 is 9.64 Å². The highest BCUT2D eigenvalue weighted by atomic mass is 79.9. The number of halogens is 1. The summed E-state index contributed by atoms with van der Waals surface area (Å²) in [5.74, 6) is 1.87. The first-order valence-electron chi connectivity index (χ1n) is 7.20. The molecule has 1 aliphatic rings. The van der Waals surface area contributed by atoms with E-state index in [1.54, 1.807) is 7.11 Å². The summed E-state index contributed by atoms with van der Waals surface area (Å²) in [6.45, 7) is 1.82. The smallest absolute Gasteiger partial charge is 0.137 e. The Hall–Kier alpha value is -2.07. The third-order valence-corrected chi connectivity index (χ3v) is 4.78. The molecule has 4 rings (SSSR count). The van der Waals surface area contributed by atoms with Gasteiger partial charge in [-0.3, -0.25) is 0 Å². The zero-order valence-electron chi connectivity index (χ0n) is 12.2. The number of hydrogen-bond donors (Lipinski definition) is 0. The first-order valence-corrected chi connectivity index (χ1v) is 7.99. The van der Waals surface area contributed by atoms with E-state index in [-0.39, 0.29) is 0 Å². The van der Waals surface area contributed by atoms with Crippen molar-refractivity contribution in [2.45, 2.75) is 13.1 Å². The Morgan fingerprint density at radius 3 is 2.50 bits per heavy atom. The summed E-state index contributed by atoms with van der Waals surface area (Å²) in [6.07, 6.45) is 1.87. The van der Waals surface area contributed by atoms with E-state index in [0.717, 1.165) is 39.9 Å².